The lowest BCUT2D eigenvalue weighted by Gasteiger charge is -2.32. The zero-order chi connectivity index (χ0) is 50.3. The van der Waals surface area contributed by atoms with Crippen LogP contribution in [0.4, 0.5) is 0 Å². The number of rotatable bonds is 5. The molecule has 6 nitrogen and oxygen atoms in total. The van der Waals surface area contributed by atoms with Crippen molar-refractivity contribution in [3.63, 3.8) is 0 Å². The van der Waals surface area contributed by atoms with Crippen molar-refractivity contribution >= 4 is 98.6 Å². The summed E-state index contributed by atoms with van der Waals surface area (Å²) in [4.78, 5) is 0. The van der Waals surface area contributed by atoms with Crippen LogP contribution < -0.4 is 11.1 Å². The number of benzene rings is 8. The molecule has 0 spiro atoms. The number of hydrogen-bond acceptors (Lipinski definition) is 2. The molecule has 8 aromatic carbocycles. The van der Waals surface area contributed by atoms with Gasteiger partial charge in [-0.15, -0.1) is 0 Å². The standard InChI is InChI=1S/C66H54N6.C2H6/c1-6-37(2)61(35-67)71-59-25-19-41(39-17-23-57-49(29-39)45-11-7-9-13-55(45)69(57)4)31-51(59)53-33-43-16-22-48-64-44(15-21-47(63(43)64)65(53)71)34-54-52-32-42(20-26-60(52)72(66(48)54)62-36-68-28-27-38(62)3)40-18-24-58-50(30-40)46-12-8-10-14-56(46)70(58)5;1-2/h6-14,17-20,23-27,29-36,68H,15-16,21-22,28,67H2,1-5H3;1-2H3/b37-6-,61-35+;. The average Bonchev–Trinajstić information content (AvgIpc) is 4.15. The van der Waals surface area contributed by atoms with Crippen LogP contribution >= 0.6 is 0 Å². The molecule has 15 rings (SSSR count). The molecule has 5 heterocycles. The quantitative estimate of drug-likeness (QED) is 0.169. The molecule has 2 aliphatic carbocycles. The molecule has 0 saturated carbocycles. The molecule has 12 aromatic rings. The molecule has 3 aliphatic rings. The Morgan fingerprint density at radius 1 is 0.527 bits per heavy atom. The average molecular weight is 961 g/mol. The van der Waals surface area contributed by atoms with E-state index in [0.29, 0.717) is 0 Å². The van der Waals surface area contributed by atoms with Crippen LogP contribution in [0.5, 0.6) is 0 Å². The minimum Gasteiger partial charge on any atom is -0.403 e. The fourth-order valence-electron chi connectivity index (χ4n) is 13.6. The van der Waals surface area contributed by atoms with Crippen molar-refractivity contribution in [2.45, 2.75) is 60.3 Å². The van der Waals surface area contributed by atoms with Gasteiger partial charge in [-0.1, -0.05) is 86.7 Å². The fourth-order valence-corrected chi connectivity index (χ4v) is 13.6. The van der Waals surface area contributed by atoms with E-state index >= 15 is 0 Å². The van der Waals surface area contributed by atoms with Gasteiger partial charge in [-0.25, -0.2) is 0 Å². The highest BCUT2D eigenvalue weighted by Gasteiger charge is 2.34. The monoisotopic (exact) mass is 960 g/mol. The maximum atomic E-state index is 6.71. The van der Waals surface area contributed by atoms with Crippen molar-refractivity contribution in [3.8, 4) is 33.4 Å². The lowest BCUT2D eigenvalue weighted by Crippen LogP contribution is -2.18. The third kappa shape index (κ3) is 6.05. The van der Waals surface area contributed by atoms with Gasteiger partial charge >= 0.3 is 0 Å². The first-order chi connectivity index (χ1) is 36.3. The van der Waals surface area contributed by atoms with Gasteiger partial charge in [0.1, 0.15) is 0 Å². The molecule has 1 aliphatic heterocycles. The molecule has 0 unspecified atom stereocenters. The number of fused-ring (bicyclic) bond motifs is 14. The number of nitrogens with one attached hydrogen (secondary N) is 1. The number of aromatic nitrogens is 4. The normalized spacial score (nSPS) is 14.6. The summed E-state index contributed by atoms with van der Waals surface area (Å²) in [5.74, 6) is 0. The number of hydrogen-bond donors (Lipinski definition) is 2. The molecule has 0 bridgehead atoms. The fraction of sp³-hybridized carbons (Fsp3) is 0.176. The van der Waals surface area contributed by atoms with Gasteiger partial charge in [0.25, 0.3) is 0 Å². The van der Waals surface area contributed by atoms with E-state index in [0.717, 1.165) is 43.5 Å². The first kappa shape index (κ1) is 44.2. The summed E-state index contributed by atoms with van der Waals surface area (Å²) >= 11 is 0. The maximum Gasteiger partial charge on any atom is 0.0645 e. The van der Waals surface area contributed by atoms with Crippen molar-refractivity contribution in [1.82, 2.24) is 23.6 Å². The second-order valence-electron chi connectivity index (χ2n) is 20.7. The second-order valence-corrected chi connectivity index (χ2v) is 20.7. The van der Waals surface area contributed by atoms with E-state index in [1.54, 1.807) is 0 Å². The molecule has 6 heteroatoms. The van der Waals surface area contributed by atoms with Crippen molar-refractivity contribution in [2.24, 2.45) is 19.8 Å². The molecule has 3 N–H and O–H groups in total. The zero-order valence-corrected chi connectivity index (χ0v) is 43.4. The second kappa shape index (κ2) is 16.5. The number of dihydropyridines is 1. The number of nitrogens with two attached hydrogens (primary N) is 1. The highest BCUT2D eigenvalue weighted by Crippen LogP contribution is 2.52. The lowest BCUT2D eigenvalue weighted by molar-refractivity contribution is 0.882. The summed E-state index contributed by atoms with van der Waals surface area (Å²) in [6.45, 7) is 11.4. The van der Waals surface area contributed by atoms with Crippen molar-refractivity contribution in [1.29, 1.82) is 0 Å². The van der Waals surface area contributed by atoms with Crippen molar-refractivity contribution in [2.75, 3.05) is 6.54 Å². The van der Waals surface area contributed by atoms with Crippen LogP contribution in [-0.4, -0.2) is 24.8 Å². The van der Waals surface area contributed by atoms with Gasteiger partial charge in [-0.3, -0.25) is 0 Å². The summed E-state index contributed by atoms with van der Waals surface area (Å²) in [7, 11) is 4.35. The van der Waals surface area contributed by atoms with E-state index < -0.39 is 0 Å². The van der Waals surface area contributed by atoms with Gasteiger partial charge in [0.05, 0.1) is 33.5 Å². The van der Waals surface area contributed by atoms with Gasteiger partial charge in [0.2, 0.25) is 0 Å². The van der Waals surface area contributed by atoms with Gasteiger partial charge in [-0.05, 0) is 186 Å². The van der Waals surface area contributed by atoms with E-state index in [1.807, 2.05) is 20.0 Å². The summed E-state index contributed by atoms with van der Waals surface area (Å²) < 4.78 is 9.71. The SMILES string of the molecule is C/C=C(C)\C(=C/N)n1c2ccc(-c3ccc4c(c3)c3ccccc3n4C)cc2c2cc3c4c(c21)CCc1cc2c5cc(-c6ccc7c(c6)c6ccccc6n7C)ccc5n(C5=CNCC=C5C)c2c(c1-4)CC3.CC. The lowest BCUT2D eigenvalue weighted by atomic mass is 9.74. The zero-order valence-electron chi connectivity index (χ0n) is 43.4. The molecule has 74 heavy (non-hydrogen) atoms. The predicted octanol–water partition coefficient (Wildman–Crippen LogP) is 16.5. The maximum absolute atomic E-state index is 6.71. The van der Waals surface area contributed by atoms with Crippen LogP contribution in [0, 0.1) is 0 Å². The minimum atomic E-state index is 0.836. The summed E-state index contributed by atoms with van der Waals surface area (Å²) in [5, 5.41) is 14.0. The molecule has 0 amide bonds. The molecule has 0 fully saturated rings. The number of allylic oxidation sites excluding steroid dienone is 5. The van der Waals surface area contributed by atoms with E-state index in [9.17, 15) is 0 Å². The molecular formula is C68H60N6. The molecule has 362 valence electrons. The Kier molecular flexibility index (Phi) is 9.88. The predicted molar refractivity (Wildman–Crippen MR) is 317 cm³/mol. The van der Waals surface area contributed by atoms with Crippen LogP contribution in [0.25, 0.3) is 132 Å². The Morgan fingerprint density at radius 2 is 0.986 bits per heavy atom. The molecule has 0 atom stereocenters. The van der Waals surface area contributed by atoms with Crippen molar-refractivity contribution in [3.05, 3.63) is 191 Å². The summed E-state index contributed by atoms with van der Waals surface area (Å²) in [5.41, 5.74) is 35.1. The molecule has 0 saturated heterocycles. The minimum absolute atomic E-state index is 0.836. The van der Waals surface area contributed by atoms with Crippen LogP contribution in [-0.2, 0) is 39.8 Å². The van der Waals surface area contributed by atoms with Crippen LogP contribution in [0.15, 0.2) is 169 Å². The number of nitrogens with zero attached hydrogens (tertiary/aromatic N) is 4. The first-order valence-corrected chi connectivity index (χ1v) is 26.7. The highest BCUT2D eigenvalue weighted by atomic mass is 15.0. The van der Waals surface area contributed by atoms with E-state index in [1.165, 1.54) is 154 Å². The number of aryl methyl sites for hydroxylation is 6. The van der Waals surface area contributed by atoms with Gasteiger partial charge in [0.15, 0.2) is 0 Å². The first-order valence-electron chi connectivity index (χ1n) is 26.7. The van der Waals surface area contributed by atoms with Crippen LogP contribution in [0.3, 0.4) is 0 Å². The highest BCUT2D eigenvalue weighted by molar-refractivity contribution is 6.19. The van der Waals surface area contributed by atoms with Gasteiger partial charge in [0, 0.05) is 98.2 Å². The topological polar surface area (TPSA) is 57.8 Å². The van der Waals surface area contributed by atoms with Crippen LogP contribution in [0.1, 0.15) is 56.9 Å². The van der Waals surface area contributed by atoms with E-state index in [4.69, 9.17) is 5.73 Å². The van der Waals surface area contributed by atoms with Gasteiger partial charge < -0.3 is 29.3 Å². The molecule has 4 aromatic heterocycles. The summed E-state index contributed by atoms with van der Waals surface area (Å²) in [6.07, 6.45) is 12.5. The third-order valence-corrected chi connectivity index (χ3v) is 17.1. The van der Waals surface area contributed by atoms with Crippen molar-refractivity contribution < 1.29 is 0 Å². The Balaban J connectivity index is 0.00000249. The largest absolute Gasteiger partial charge is 0.403 e. The smallest absolute Gasteiger partial charge is 0.0645 e. The Labute approximate surface area is 431 Å². The Hall–Kier alpha value is -8.48. The Morgan fingerprint density at radius 3 is 1.51 bits per heavy atom. The summed E-state index contributed by atoms with van der Waals surface area (Å²) in [6, 6.07) is 50.9. The molecular weight excluding hydrogens is 901 g/mol. The van der Waals surface area contributed by atoms with E-state index in [-0.39, 0.29) is 0 Å². The van der Waals surface area contributed by atoms with E-state index in [2.05, 4.69) is 210 Å². The Bertz CT molecular complexity index is 4300. The number of para-hydroxylation sites is 2. The van der Waals surface area contributed by atoms with Crippen LogP contribution in [0.2, 0.25) is 0 Å². The molecule has 0 radical (unpaired) electrons. The van der Waals surface area contributed by atoms with Gasteiger partial charge in [-0.2, -0.15) is 0 Å². The third-order valence-electron chi connectivity index (χ3n) is 17.1.